The monoisotopic (exact) mass is 189 g/mol. The van der Waals surface area contributed by atoms with Gasteiger partial charge in [-0.3, -0.25) is 9.78 Å². The summed E-state index contributed by atoms with van der Waals surface area (Å²) in [5.74, 6) is -4.70. The van der Waals surface area contributed by atoms with Crippen LogP contribution in [0.4, 0.5) is 13.2 Å². The number of carbonyl (C=O) groups is 1. The largest absolute Gasteiger partial charge is 0.300 e. The lowest BCUT2D eigenvalue weighted by atomic mass is 10.2. The highest BCUT2D eigenvalue weighted by Gasteiger charge is 2.15. The van der Waals surface area contributed by atoms with Crippen molar-refractivity contribution in [3.8, 4) is 0 Å². The quantitative estimate of drug-likeness (QED) is 0.707. The summed E-state index contributed by atoms with van der Waals surface area (Å²) in [7, 11) is 0. The molecular weight excluding hydrogens is 183 g/mol. The molecule has 1 rings (SSSR count). The molecule has 0 aliphatic rings. The Kier molecular flexibility index (Phi) is 2.65. The van der Waals surface area contributed by atoms with Crippen molar-refractivity contribution < 1.29 is 18.0 Å². The highest BCUT2D eigenvalue weighted by Crippen LogP contribution is 2.12. The number of rotatable bonds is 2. The zero-order valence-electron chi connectivity index (χ0n) is 6.77. The number of hydrogen-bond acceptors (Lipinski definition) is 2. The lowest BCUT2D eigenvalue weighted by Gasteiger charge is -2.00. The van der Waals surface area contributed by atoms with E-state index >= 15 is 0 Å². The molecule has 0 aliphatic heterocycles. The van der Waals surface area contributed by atoms with Crippen molar-refractivity contribution in [3.05, 3.63) is 29.3 Å². The Morgan fingerprint density at radius 3 is 2.54 bits per heavy atom. The summed E-state index contributed by atoms with van der Waals surface area (Å²) in [5, 5.41) is 0. The van der Waals surface area contributed by atoms with Crippen LogP contribution in [0.3, 0.4) is 0 Å². The van der Waals surface area contributed by atoms with E-state index < -0.39 is 17.5 Å². The fraction of sp³-hybridized carbons (Fsp3) is 0.250. The molecule has 0 aliphatic carbocycles. The molecule has 5 heteroatoms. The minimum absolute atomic E-state index is 0.330. The van der Waals surface area contributed by atoms with Crippen LogP contribution in [0.25, 0.3) is 0 Å². The van der Waals surface area contributed by atoms with E-state index in [9.17, 15) is 18.0 Å². The SMILES string of the molecule is CC(=O)Cc1ncc(F)c(F)c1F. The smallest absolute Gasteiger partial charge is 0.197 e. The lowest BCUT2D eigenvalue weighted by molar-refractivity contribution is -0.116. The maximum absolute atomic E-state index is 12.8. The Morgan fingerprint density at radius 2 is 2.00 bits per heavy atom. The predicted molar refractivity (Wildman–Crippen MR) is 38.5 cm³/mol. The van der Waals surface area contributed by atoms with Gasteiger partial charge in [-0.15, -0.1) is 0 Å². The Hall–Kier alpha value is -1.39. The summed E-state index contributed by atoms with van der Waals surface area (Å²) in [6, 6.07) is 0. The van der Waals surface area contributed by atoms with E-state index in [-0.39, 0.29) is 17.9 Å². The number of pyridine rings is 1. The lowest BCUT2D eigenvalue weighted by Crippen LogP contribution is -2.06. The van der Waals surface area contributed by atoms with Gasteiger partial charge in [0.05, 0.1) is 18.3 Å². The van der Waals surface area contributed by atoms with Crippen molar-refractivity contribution in [2.75, 3.05) is 0 Å². The van der Waals surface area contributed by atoms with Gasteiger partial charge in [-0.2, -0.15) is 0 Å². The Balaban J connectivity index is 3.10. The van der Waals surface area contributed by atoms with Crippen LogP contribution in [0.2, 0.25) is 0 Å². The molecule has 1 aromatic heterocycles. The molecule has 0 unspecified atom stereocenters. The number of aromatic nitrogens is 1. The molecule has 0 spiro atoms. The van der Waals surface area contributed by atoms with Crippen molar-refractivity contribution >= 4 is 5.78 Å². The van der Waals surface area contributed by atoms with Crippen LogP contribution in [0.15, 0.2) is 6.20 Å². The van der Waals surface area contributed by atoms with Gasteiger partial charge < -0.3 is 0 Å². The first kappa shape index (κ1) is 9.70. The summed E-state index contributed by atoms with van der Waals surface area (Å²) in [5.41, 5.74) is -0.369. The number of carbonyl (C=O) groups excluding carboxylic acids is 1. The second-order valence-corrected chi connectivity index (χ2v) is 2.56. The summed E-state index contributed by atoms with van der Waals surface area (Å²) in [6.07, 6.45) is 0.222. The van der Waals surface area contributed by atoms with Crippen molar-refractivity contribution in [1.29, 1.82) is 0 Å². The molecule has 0 bridgehead atoms. The van der Waals surface area contributed by atoms with Gasteiger partial charge in [0.2, 0.25) is 0 Å². The van der Waals surface area contributed by atoms with Crippen molar-refractivity contribution in [1.82, 2.24) is 4.98 Å². The van der Waals surface area contributed by atoms with Gasteiger partial charge in [0.1, 0.15) is 5.78 Å². The Labute approximate surface area is 72.4 Å². The van der Waals surface area contributed by atoms with Crippen LogP contribution in [0.1, 0.15) is 12.6 Å². The average Bonchev–Trinajstić information content (AvgIpc) is 2.06. The first-order valence-corrected chi connectivity index (χ1v) is 3.50. The van der Waals surface area contributed by atoms with Crippen molar-refractivity contribution in [2.45, 2.75) is 13.3 Å². The van der Waals surface area contributed by atoms with Crippen LogP contribution in [-0.4, -0.2) is 10.8 Å². The molecule has 0 aromatic carbocycles. The molecule has 1 aromatic rings. The maximum atomic E-state index is 12.8. The standard InChI is InChI=1S/C8H6F3NO/c1-4(13)2-6-8(11)7(10)5(9)3-12-6/h3H,2H2,1H3. The third-order valence-electron chi connectivity index (χ3n) is 1.41. The fourth-order valence-electron chi connectivity index (χ4n) is 0.839. The van der Waals surface area contributed by atoms with Crippen LogP contribution in [0, 0.1) is 17.5 Å². The molecule has 70 valence electrons. The minimum atomic E-state index is -1.59. The van der Waals surface area contributed by atoms with Gasteiger partial charge >= 0.3 is 0 Å². The average molecular weight is 189 g/mol. The summed E-state index contributed by atoms with van der Waals surface area (Å²) >= 11 is 0. The predicted octanol–water partition coefficient (Wildman–Crippen LogP) is 1.63. The molecule has 2 nitrogen and oxygen atoms in total. The number of nitrogens with zero attached hydrogens (tertiary/aromatic N) is 1. The summed E-state index contributed by atoms with van der Waals surface area (Å²) < 4.78 is 37.7. The summed E-state index contributed by atoms with van der Waals surface area (Å²) in [4.78, 5) is 13.8. The Bertz CT molecular complexity index is 351. The molecule has 0 saturated heterocycles. The zero-order chi connectivity index (χ0) is 10.0. The molecule has 0 saturated carbocycles. The molecule has 0 N–H and O–H groups in total. The van der Waals surface area contributed by atoms with Gasteiger partial charge in [0.25, 0.3) is 0 Å². The number of ketones is 1. The van der Waals surface area contributed by atoms with Gasteiger partial charge in [-0.1, -0.05) is 0 Å². The first-order chi connectivity index (χ1) is 6.02. The second-order valence-electron chi connectivity index (χ2n) is 2.56. The maximum Gasteiger partial charge on any atom is 0.197 e. The molecule has 0 atom stereocenters. The molecule has 0 amide bonds. The zero-order valence-corrected chi connectivity index (χ0v) is 6.77. The van der Waals surface area contributed by atoms with Crippen molar-refractivity contribution in [3.63, 3.8) is 0 Å². The summed E-state index contributed by atoms with van der Waals surface area (Å²) in [6.45, 7) is 1.21. The van der Waals surface area contributed by atoms with Crippen LogP contribution in [0.5, 0.6) is 0 Å². The van der Waals surface area contributed by atoms with Gasteiger partial charge in [-0.05, 0) is 6.92 Å². The van der Waals surface area contributed by atoms with E-state index in [4.69, 9.17) is 0 Å². The third kappa shape index (κ3) is 2.05. The van der Waals surface area contributed by atoms with E-state index in [1.165, 1.54) is 6.92 Å². The molecule has 0 fully saturated rings. The third-order valence-corrected chi connectivity index (χ3v) is 1.41. The van der Waals surface area contributed by atoms with E-state index in [0.717, 1.165) is 0 Å². The molecular formula is C8H6F3NO. The Morgan fingerprint density at radius 1 is 1.38 bits per heavy atom. The minimum Gasteiger partial charge on any atom is -0.300 e. The van der Waals surface area contributed by atoms with E-state index in [1.54, 1.807) is 0 Å². The van der Waals surface area contributed by atoms with Crippen LogP contribution in [-0.2, 0) is 11.2 Å². The number of hydrogen-bond donors (Lipinski definition) is 0. The van der Waals surface area contributed by atoms with Crippen LogP contribution >= 0.6 is 0 Å². The van der Waals surface area contributed by atoms with E-state index in [0.29, 0.717) is 6.20 Å². The topological polar surface area (TPSA) is 30.0 Å². The first-order valence-electron chi connectivity index (χ1n) is 3.50. The van der Waals surface area contributed by atoms with E-state index in [2.05, 4.69) is 4.98 Å². The van der Waals surface area contributed by atoms with E-state index in [1.807, 2.05) is 0 Å². The number of Topliss-reactive ketones (excluding diaryl/α,β-unsaturated/α-hetero) is 1. The van der Waals surface area contributed by atoms with Gasteiger partial charge in [0, 0.05) is 0 Å². The number of halogens is 3. The normalized spacial score (nSPS) is 10.2. The van der Waals surface area contributed by atoms with Crippen molar-refractivity contribution in [2.24, 2.45) is 0 Å². The molecule has 0 radical (unpaired) electrons. The highest BCUT2D eigenvalue weighted by atomic mass is 19.2. The second kappa shape index (κ2) is 3.55. The van der Waals surface area contributed by atoms with Crippen LogP contribution < -0.4 is 0 Å². The molecule has 1 heterocycles. The van der Waals surface area contributed by atoms with Gasteiger partial charge in [-0.25, -0.2) is 13.2 Å². The fourth-order valence-corrected chi connectivity index (χ4v) is 0.839. The highest BCUT2D eigenvalue weighted by molar-refractivity contribution is 5.77. The van der Waals surface area contributed by atoms with Gasteiger partial charge in [0.15, 0.2) is 17.5 Å². The molecule has 13 heavy (non-hydrogen) atoms.